The highest BCUT2D eigenvalue weighted by Gasteiger charge is 2.30. The number of hydrogen-bond acceptors (Lipinski definition) is 4. The molecule has 4 nitrogen and oxygen atoms in total. The van der Waals surface area contributed by atoms with Crippen LogP contribution in [0, 0.1) is 23.4 Å². The summed E-state index contributed by atoms with van der Waals surface area (Å²) in [7, 11) is 0. The van der Waals surface area contributed by atoms with E-state index in [4.69, 9.17) is 9.47 Å². The molecular formula is C37H34F6O4. The van der Waals surface area contributed by atoms with Gasteiger partial charge in [0.25, 0.3) is 0 Å². The first-order chi connectivity index (χ1) is 22.4. The number of rotatable bonds is 14. The zero-order valence-corrected chi connectivity index (χ0v) is 25.6. The zero-order chi connectivity index (χ0) is 34.0. The summed E-state index contributed by atoms with van der Waals surface area (Å²) in [6.07, 6.45) is 1.24. The second kappa shape index (κ2) is 16.2. The molecule has 0 aliphatic rings. The van der Waals surface area contributed by atoms with Crippen LogP contribution in [-0.2, 0) is 28.7 Å². The lowest BCUT2D eigenvalue weighted by Gasteiger charge is -2.15. The molecule has 47 heavy (non-hydrogen) atoms. The van der Waals surface area contributed by atoms with Crippen molar-refractivity contribution < 1.29 is 45.7 Å². The molecule has 0 aliphatic carbocycles. The van der Waals surface area contributed by atoms with Crippen LogP contribution in [0.3, 0.4) is 0 Å². The predicted octanol–water partition coefficient (Wildman–Crippen LogP) is 10.1. The fraction of sp³-hybridized carbons (Fsp3) is 0.270. The molecule has 0 bridgehead atoms. The van der Waals surface area contributed by atoms with E-state index in [2.05, 4.69) is 0 Å². The smallest absolute Gasteiger partial charge is 0.416 e. The van der Waals surface area contributed by atoms with Gasteiger partial charge in [0, 0.05) is 12.0 Å². The van der Waals surface area contributed by atoms with Gasteiger partial charge in [0.1, 0.15) is 18.2 Å². The van der Waals surface area contributed by atoms with Crippen LogP contribution in [-0.4, -0.2) is 17.7 Å². The number of esters is 1. The Balaban J connectivity index is 1.46. The number of phenolic OH excluding ortho intramolecular Hbond substituents is 1. The second-order valence-electron chi connectivity index (χ2n) is 11.0. The first kappa shape index (κ1) is 35.1. The molecule has 10 heteroatoms. The van der Waals surface area contributed by atoms with Crippen molar-refractivity contribution in [2.24, 2.45) is 5.92 Å². The monoisotopic (exact) mass is 656 g/mol. The van der Waals surface area contributed by atoms with Crippen LogP contribution in [0.5, 0.6) is 11.5 Å². The van der Waals surface area contributed by atoms with Gasteiger partial charge in [0.2, 0.25) is 0 Å². The fourth-order valence-electron chi connectivity index (χ4n) is 5.04. The molecule has 0 amide bonds. The lowest BCUT2D eigenvalue weighted by molar-refractivity contribution is -0.143. The van der Waals surface area contributed by atoms with Gasteiger partial charge in [-0.05, 0) is 96.8 Å². The van der Waals surface area contributed by atoms with E-state index >= 15 is 0 Å². The van der Waals surface area contributed by atoms with Crippen molar-refractivity contribution in [1.82, 2.24) is 0 Å². The first-order valence-electron chi connectivity index (χ1n) is 15.1. The number of phenols is 1. The minimum atomic E-state index is -4.41. The van der Waals surface area contributed by atoms with Gasteiger partial charge in [-0.3, -0.25) is 4.79 Å². The van der Waals surface area contributed by atoms with Crippen molar-refractivity contribution in [2.75, 3.05) is 6.61 Å². The molecule has 0 heterocycles. The minimum Gasteiger partial charge on any atom is -0.503 e. The Hall–Kier alpha value is -4.73. The molecule has 0 radical (unpaired) electrons. The SMILES string of the molecule is CCOC(=O)CCCCC(C=Cc1cc(F)ccc1OCc1ccc(-c2ccc(C(F)(F)F)cc2)cc1)Cc1cc(F)c(O)c(F)c1. The summed E-state index contributed by atoms with van der Waals surface area (Å²) < 4.78 is 92.0. The number of ether oxygens (including phenoxy) is 2. The van der Waals surface area contributed by atoms with Crippen LogP contribution < -0.4 is 4.74 Å². The Morgan fingerprint density at radius 2 is 1.49 bits per heavy atom. The van der Waals surface area contributed by atoms with Gasteiger partial charge >= 0.3 is 12.1 Å². The number of carbonyl (C=O) groups excluding carboxylic acids is 1. The molecular weight excluding hydrogens is 622 g/mol. The molecule has 4 aromatic rings. The highest BCUT2D eigenvalue weighted by atomic mass is 19.4. The average molecular weight is 657 g/mol. The normalized spacial score (nSPS) is 12.3. The van der Waals surface area contributed by atoms with Crippen molar-refractivity contribution in [1.29, 1.82) is 0 Å². The van der Waals surface area contributed by atoms with Crippen molar-refractivity contribution >= 4 is 12.0 Å². The Morgan fingerprint density at radius 1 is 0.851 bits per heavy atom. The van der Waals surface area contributed by atoms with Crippen molar-refractivity contribution in [3.05, 3.63) is 125 Å². The topological polar surface area (TPSA) is 55.8 Å². The van der Waals surface area contributed by atoms with Crippen molar-refractivity contribution in [3.8, 4) is 22.6 Å². The van der Waals surface area contributed by atoms with Crippen molar-refractivity contribution in [2.45, 2.75) is 51.8 Å². The number of benzene rings is 4. The minimum absolute atomic E-state index is 0.128. The van der Waals surface area contributed by atoms with Gasteiger partial charge in [-0.15, -0.1) is 0 Å². The van der Waals surface area contributed by atoms with Crippen LogP contribution in [0.15, 0.2) is 84.9 Å². The van der Waals surface area contributed by atoms with E-state index in [-0.39, 0.29) is 37.9 Å². The van der Waals surface area contributed by atoms with E-state index in [0.29, 0.717) is 41.7 Å². The third kappa shape index (κ3) is 10.4. The summed E-state index contributed by atoms with van der Waals surface area (Å²) in [5.74, 6) is -3.86. The maximum absolute atomic E-state index is 14.3. The largest absolute Gasteiger partial charge is 0.503 e. The van der Waals surface area contributed by atoms with E-state index in [1.54, 1.807) is 43.3 Å². The zero-order valence-electron chi connectivity index (χ0n) is 25.6. The molecule has 0 spiro atoms. The summed E-state index contributed by atoms with van der Waals surface area (Å²) in [5, 5.41) is 9.48. The van der Waals surface area contributed by atoms with Crippen LogP contribution in [0.4, 0.5) is 26.3 Å². The first-order valence-corrected chi connectivity index (χ1v) is 15.1. The molecule has 248 valence electrons. The number of aromatic hydroxyl groups is 1. The number of hydrogen-bond donors (Lipinski definition) is 1. The number of halogens is 6. The van der Waals surface area contributed by atoms with Gasteiger partial charge in [-0.1, -0.05) is 55.0 Å². The summed E-state index contributed by atoms with van der Waals surface area (Å²) in [6.45, 7) is 2.14. The summed E-state index contributed by atoms with van der Waals surface area (Å²) >= 11 is 0. The molecule has 0 saturated heterocycles. The Morgan fingerprint density at radius 3 is 2.11 bits per heavy atom. The van der Waals surface area contributed by atoms with Gasteiger partial charge in [0.15, 0.2) is 17.4 Å². The molecule has 0 saturated carbocycles. The molecule has 1 atom stereocenters. The molecule has 1 N–H and O–H groups in total. The molecule has 0 aromatic heterocycles. The summed E-state index contributed by atoms with van der Waals surface area (Å²) in [5.41, 5.74) is 2.17. The Bertz CT molecular complexity index is 1640. The van der Waals surface area contributed by atoms with Crippen LogP contribution in [0.25, 0.3) is 17.2 Å². The highest BCUT2D eigenvalue weighted by Crippen LogP contribution is 2.32. The molecule has 0 aliphatic heterocycles. The molecule has 4 aromatic carbocycles. The standard InChI is InChI=1S/C37H34F6O4/c1-2-46-35(44)6-4-3-5-24(19-26-20-32(39)36(45)33(40)21-26)7-12-29-22-31(38)17-18-34(29)47-23-25-8-10-27(11-9-25)28-13-15-30(16-14-28)37(41,42)43/h7-18,20-22,24,45H,2-6,19,23H2,1H3. The third-order valence-electron chi connectivity index (χ3n) is 7.50. The number of allylic oxidation sites excluding steroid dienone is 1. The van der Waals surface area contributed by atoms with Gasteiger partial charge in [-0.2, -0.15) is 13.2 Å². The Labute approximate surface area is 269 Å². The fourth-order valence-corrected chi connectivity index (χ4v) is 5.04. The van der Waals surface area contributed by atoms with E-state index in [1.165, 1.54) is 30.3 Å². The maximum Gasteiger partial charge on any atom is 0.416 e. The number of carbonyl (C=O) groups is 1. The Kier molecular flexibility index (Phi) is 12.1. The summed E-state index contributed by atoms with van der Waals surface area (Å²) in [6, 6.07) is 18.2. The quantitative estimate of drug-likeness (QED) is 0.0834. The third-order valence-corrected chi connectivity index (χ3v) is 7.50. The predicted molar refractivity (Wildman–Crippen MR) is 167 cm³/mol. The molecule has 1 unspecified atom stereocenters. The maximum atomic E-state index is 14.3. The van der Waals surface area contributed by atoms with Gasteiger partial charge in [0.05, 0.1) is 12.2 Å². The van der Waals surface area contributed by atoms with Gasteiger partial charge in [-0.25, -0.2) is 13.2 Å². The van der Waals surface area contributed by atoms with Gasteiger partial charge < -0.3 is 14.6 Å². The van der Waals surface area contributed by atoms with E-state index in [9.17, 15) is 36.2 Å². The van der Waals surface area contributed by atoms with E-state index in [1.807, 2.05) is 0 Å². The second-order valence-corrected chi connectivity index (χ2v) is 11.0. The lowest BCUT2D eigenvalue weighted by Crippen LogP contribution is -2.06. The highest BCUT2D eigenvalue weighted by molar-refractivity contribution is 5.69. The van der Waals surface area contributed by atoms with Crippen LogP contribution >= 0.6 is 0 Å². The number of unbranched alkanes of at least 4 members (excludes halogenated alkanes) is 1. The van der Waals surface area contributed by atoms with Crippen LogP contribution in [0.2, 0.25) is 0 Å². The van der Waals surface area contributed by atoms with Crippen LogP contribution in [0.1, 0.15) is 54.9 Å². The lowest BCUT2D eigenvalue weighted by atomic mass is 9.92. The van der Waals surface area contributed by atoms with Crippen molar-refractivity contribution in [3.63, 3.8) is 0 Å². The summed E-state index contributed by atoms with van der Waals surface area (Å²) in [4.78, 5) is 11.7. The number of alkyl halides is 3. The van der Waals surface area contributed by atoms with E-state index < -0.39 is 34.9 Å². The van der Waals surface area contributed by atoms with E-state index in [0.717, 1.165) is 35.4 Å². The molecule has 0 fully saturated rings. The molecule has 4 rings (SSSR count). The average Bonchev–Trinajstić information content (AvgIpc) is 3.04.